The van der Waals surface area contributed by atoms with Gasteiger partial charge in [-0.1, -0.05) is 18.2 Å². The molecule has 1 aromatic heterocycles. The number of Topliss-reactive ketones (excluding diaryl/α,β-unsaturated/α-hetero) is 1. The number of benzene rings is 3. The molecular formula is C23H16N2O4. The number of rotatable bonds is 5. The highest BCUT2D eigenvalue weighted by Crippen LogP contribution is 2.24. The van der Waals surface area contributed by atoms with Crippen LogP contribution in [0.25, 0.3) is 22.9 Å². The Kier molecular flexibility index (Phi) is 4.99. The summed E-state index contributed by atoms with van der Waals surface area (Å²) in [6.45, 7) is 1.48. The van der Waals surface area contributed by atoms with E-state index in [0.717, 1.165) is 5.56 Å². The van der Waals surface area contributed by atoms with Gasteiger partial charge in [0.15, 0.2) is 5.78 Å². The summed E-state index contributed by atoms with van der Waals surface area (Å²) in [6, 6.07) is 22.6. The van der Waals surface area contributed by atoms with Gasteiger partial charge in [0.05, 0.1) is 5.56 Å². The third kappa shape index (κ3) is 4.11. The van der Waals surface area contributed by atoms with E-state index in [1.165, 1.54) is 6.92 Å². The van der Waals surface area contributed by atoms with Crippen LogP contribution in [0, 0.1) is 0 Å². The highest BCUT2D eigenvalue weighted by atomic mass is 16.5. The molecule has 6 nitrogen and oxygen atoms in total. The van der Waals surface area contributed by atoms with Gasteiger partial charge in [0.25, 0.3) is 0 Å². The molecule has 3 aromatic carbocycles. The van der Waals surface area contributed by atoms with Gasteiger partial charge in [-0.05, 0) is 67.6 Å². The van der Waals surface area contributed by atoms with E-state index in [1.54, 1.807) is 48.5 Å². The van der Waals surface area contributed by atoms with Gasteiger partial charge in [0.1, 0.15) is 5.75 Å². The summed E-state index contributed by atoms with van der Waals surface area (Å²) in [5, 5.41) is 8.13. The van der Waals surface area contributed by atoms with Crippen molar-refractivity contribution in [2.24, 2.45) is 0 Å². The fourth-order valence-electron chi connectivity index (χ4n) is 2.71. The predicted molar refractivity (Wildman–Crippen MR) is 107 cm³/mol. The molecule has 4 rings (SSSR count). The van der Waals surface area contributed by atoms with Crippen molar-refractivity contribution in [2.45, 2.75) is 6.92 Å². The van der Waals surface area contributed by atoms with Crippen LogP contribution in [0.5, 0.6) is 5.75 Å². The Morgan fingerprint density at radius 1 is 0.724 bits per heavy atom. The molecule has 142 valence electrons. The SMILES string of the molecule is CC(=O)c1ccc(OC(=O)c2ccc(-c3nnc(-c4ccccc4)o3)cc2)cc1. The minimum Gasteiger partial charge on any atom is -0.423 e. The van der Waals surface area contributed by atoms with Crippen LogP contribution in [-0.4, -0.2) is 21.9 Å². The monoisotopic (exact) mass is 384 g/mol. The van der Waals surface area contributed by atoms with Crippen molar-refractivity contribution in [3.05, 3.63) is 90.0 Å². The van der Waals surface area contributed by atoms with Crippen LogP contribution in [-0.2, 0) is 0 Å². The first-order chi connectivity index (χ1) is 14.1. The zero-order chi connectivity index (χ0) is 20.2. The number of carbonyl (C=O) groups excluding carboxylic acids is 2. The number of nitrogens with zero attached hydrogens (tertiary/aromatic N) is 2. The molecule has 0 radical (unpaired) electrons. The van der Waals surface area contributed by atoms with E-state index in [4.69, 9.17) is 9.15 Å². The van der Waals surface area contributed by atoms with Crippen LogP contribution in [0.2, 0.25) is 0 Å². The number of esters is 1. The zero-order valence-corrected chi connectivity index (χ0v) is 15.5. The fraction of sp³-hybridized carbons (Fsp3) is 0.0435. The van der Waals surface area contributed by atoms with Crippen molar-refractivity contribution in [3.8, 4) is 28.7 Å². The minimum absolute atomic E-state index is 0.0464. The number of ether oxygens (including phenoxy) is 1. The fourth-order valence-corrected chi connectivity index (χ4v) is 2.71. The maximum absolute atomic E-state index is 12.3. The van der Waals surface area contributed by atoms with E-state index >= 15 is 0 Å². The summed E-state index contributed by atoms with van der Waals surface area (Å²) in [5.74, 6) is 0.618. The summed E-state index contributed by atoms with van der Waals surface area (Å²) in [6.07, 6.45) is 0. The number of ketones is 1. The molecule has 0 spiro atoms. The van der Waals surface area contributed by atoms with Gasteiger partial charge in [0.2, 0.25) is 11.8 Å². The normalized spacial score (nSPS) is 10.5. The average Bonchev–Trinajstić information content (AvgIpc) is 3.25. The zero-order valence-electron chi connectivity index (χ0n) is 15.5. The van der Waals surface area contributed by atoms with E-state index in [9.17, 15) is 9.59 Å². The molecule has 29 heavy (non-hydrogen) atoms. The van der Waals surface area contributed by atoms with Crippen molar-refractivity contribution in [3.63, 3.8) is 0 Å². The highest BCUT2D eigenvalue weighted by Gasteiger charge is 2.13. The minimum atomic E-state index is -0.498. The molecule has 1 heterocycles. The predicted octanol–water partition coefficient (Wildman–Crippen LogP) is 4.83. The topological polar surface area (TPSA) is 82.3 Å². The first-order valence-corrected chi connectivity index (χ1v) is 8.93. The van der Waals surface area contributed by atoms with Crippen molar-refractivity contribution in [1.29, 1.82) is 0 Å². The molecule has 0 aliphatic carbocycles. The van der Waals surface area contributed by atoms with Gasteiger partial charge in [-0.2, -0.15) is 0 Å². The molecule has 0 N–H and O–H groups in total. The van der Waals surface area contributed by atoms with Crippen molar-refractivity contribution in [1.82, 2.24) is 10.2 Å². The van der Waals surface area contributed by atoms with Crippen molar-refractivity contribution >= 4 is 11.8 Å². The van der Waals surface area contributed by atoms with Crippen LogP contribution in [0.4, 0.5) is 0 Å². The van der Waals surface area contributed by atoms with Crippen molar-refractivity contribution in [2.75, 3.05) is 0 Å². The quantitative estimate of drug-likeness (QED) is 0.279. The molecular weight excluding hydrogens is 368 g/mol. The van der Waals surface area contributed by atoms with Gasteiger partial charge < -0.3 is 9.15 Å². The number of hydrogen-bond donors (Lipinski definition) is 0. The first kappa shape index (κ1) is 18.3. The first-order valence-electron chi connectivity index (χ1n) is 8.93. The van der Waals surface area contributed by atoms with E-state index in [-0.39, 0.29) is 5.78 Å². The van der Waals surface area contributed by atoms with Gasteiger partial charge in [-0.25, -0.2) is 4.79 Å². The lowest BCUT2D eigenvalue weighted by atomic mass is 10.1. The van der Waals surface area contributed by atoms with Crippen LogP contribution >= 0.6 is 0 Å². The molecule has 0 amide bonds. The van der Waals surface area contributed by atoms with Crippen molar-refractivity contribution < 1.29 is 18.7 Å². The van der Waals surface area contributed by atoms with Crippen LogP contribution < -0.4 is 4.74 Å². The molecule has 0 saturated heterocycles. The molecule has 0 unspecified atom stereocenters. The number of carbonyl (C=O) groups is 2. The van der Waals surface area contributed by atoms with Gasteiger partial charge >= 0.3 is 5.97 Å². The summed E-state index contributed by atoms with van der Waals surface area (Å²) in [4.78, 5) is 23.6. The van der Waals surface area contributed by atoms with E-state index in [0.29, 0.717) is 34.2 Å². The standard InChI is InChI=1S/C23H16N2O4/c1-15(26)16-11-13-20(14-12-16)28-23(27)19-9-7-18(8-10-19)22-25-24-21(29-22)17-5-3-2-4-6-17/h2-14H,1H3. The lowest BCUT2D eigenvalue weighted by Gasteiger charge is -2.05. The van der Waals surface area contributed by atoms with Crippen LogP contribution in [0.3, 0.4) is 0 Å². The molecule has 0 saturated carbocycles. The molecule has 0 aliphatic heterocycles. The average molecular weight is 384 g/mol. The van der Waals surface area contributed by atoms with Crippen LogP contribution in [0.15, 0.2) is 83.3 Å². The summed E-state index contributed by atoms with van der Waals surface area (Å²) < 4.78 is 11.1. The Bertz CT molecular complexity index is 1150. The highest BCUT2D eigenvalue weighted by molar-refractivity contribution is 5.94. The molecule has 0 bridgehead atoms. The van der Waals surface area contributed by atoms with Gasteiger partial charge in [-0.3, -0.25) is 4.79 Å². The van der Waals surface area contributed by atoms with Crippen LogP contribution in [0.1, 0.15) is 27.6 Å². The van der Waals surface area contributed by atoms with E-state index in [1.807, 2.05) is 30.3 Å². The Morgan fingerprint density at radius 3 is 1.86 bits per heavy atom. The second kappa shape index (κ2) is 7.90. The summed E-state index contributed by atoms with van der Waals surface area (Å²) in [7, 11) is 0. The molecule has 4 aromatic rings. The molecule has 0 aliphatic rings. The number of aromatic nitrogens is 2. The second-order valence-corrected chi connectivity index (χ2v) is 6.33. The molecule has 0 fully saturated rings. The Balaban J connectivity index is 1.47. The Labute approximate surface area is 166 Å². The third-order valence-corrected chi connectivity index (χ3v) is 4.28. The van der Waals surface area contributed by atoms with Gasteiger partial charge in [-0.15, -0.1) is 10.2 Å². The largest absolute Gasteiger partial charge is 0.423 e. The second-order valence-electron chi connectivity index (χ2n) is 6.33. The Morgan fingerprint density at radius 2 is 1.28 bits per heavy atom. The van der Waals surface area contributed by atoms with E-state index in [2.05, 4.69) is 10.2 Å². The lowest BCUT2D eigenvalue weighted by molar-refractivity contribution is 0.0734. The third-order valence-electron chi connectivity index (χ3n) is 4.28. The maximum atomic E-state index is 12.3. The molecule has 6 heteroatoms. The molecule has 0 atom stereocenters. The smallest absolute Gasteiger partial charge is 0.343 e. The van der Waals surface area contributed by atoms with E-state index < -0.39 is 5.97 Å². The number of hydrogen-bond acceptors (Lipinski definition) is 6. The summed E-state index contributed by atoms with van der Waals surface area (Å²) >= 11 is 0. The summed E-state index contributed by atoms with van der Waals surface area (Å²) in [5.41, 5.74) is 2.47. The maximum Gasteiger partial charge on any atom is 0.343 e. The Hall–Kier alpha value is -4.06. The lowest BCUT2D eigenvalue weighted by Crippen LogP contribution is -2.08. The van der Waals surface area contributed by atoms with Gasteiger partial charge in [0, 0.05) is 16.7 Å².